The van der Waals surface area contributed by atoms with E-state index < -0.39 is 0 Å². The van der Waals surface area contributed by atoms with Crippen molar-refractivity contribution in [2.24, 2.45) is 0 Å². The van der Waals surface area contributed by atoms with Crippen molar-refractivity contribution in [2.75, 3.05) is 6.54 Å². The van der Waals surface area contributed by atoms with E-state index in [1.807, 2.05) is 28.9 Å². The molecule has 0 spiro atoms. The van der Waals surface area contributed by atoms with Crippen LogP contribution in [0.4, 0.5) is 0 Å². The smallest absolute Gasteiger partial charge is 0.145 e. The molecule has 1 aromatic carbocycles. The molecule has 0 bridgehead atoms. The van der Waals surface area contributed by atoms with Crippen molar-refractivity contribution in [3.05, 3.63) is 67.0 Å². The summed E-state index contributed by atoms with van der Waals surface area (Å²) in [6, 6.07) is 12.5. The van der Waals surface area contributed by atoms with E-state index in [2.05, 4.69) is 32.1 Å². The van der Waals surface area contributed by atoms with E-state index in [0.717, 1.165) is 31.1 Å². The average molecular weight is 349 g/mol. The monoisotopic (exact) mass is 349 g/mol. The minimum absolute atomic E-state index is 0.469. The Bertz CT molecular complexity index is 806. The van der Waals surface area contributed by atoms with Gasteiger partial charge in [0, 0.05) is 24.3 Å². The van der Waals surface area contributed by atoms with Gasteiger partial charge < -0.3 is 4.74 Å². The lowest BCUT2D eigenvalue weighted by Gasteiger charge is -2.35. The molecule has 0 N–H and O–H groups in total. The van der Waals surface area contributed by atoms with Gasteiger partial charge in [-0.1, -0.05) is 24.6 Å². The highest BCUT2D eigenvalue weighted by atomic mass is 16.5. The van der Waals surface area contributed by atoms with Crippen LogP contribution < -0.4 is 4.74 Å². The van der Waals surface area contributed by atoms with Crippen molar-refractivity contribution >= 4 is 0 Å². The Hall–Kier alpha value is -2.73. The zero-order chi connectivity index (χ0) is 17.6. The van der Waals surface area contributed by atoms with Crippen LogP contribution in [0.5, 0.6) is 11.5 Å². The molecule has 0 aliphatic carbocycles. The van der Waals surface area contributed by atoms with Gasteiger partial charge in [0.15, 0.2) is 0 Å². The first-order valence-corrected chi connectivity index (χ1v) is 9.11. The number of likely N-dealkylation sites (tertiary alicyclic amines) is 1. The fourth-order valence-electron chi connectivity index (χ4n) is 3.51. The molecule has 0 unspecified atom stereocenters. The van der Waals surface area contributed by atoms with Gasteiger partial charge in [0.05, 0.1) is 12.7 Å². The van der Waals surface area contributed by atoms with E-state index in [0.29, 0.717) is 6.04 Å². The first-order valence-electron chi connectivity index (χ1n) is 9.11. The number of hydrogen-bond acceptors (Lipinski definition) is 5. The lowest BCUT2D eigenvalue weighted by molar-refractivity contribution is 0.121. The van der Waals surface area contributed by atoms with Gasteiger partial charge in [-0.05, 0) is 37.6 Å². The molecule has 4 rings (SSSR count). The molecule has 6 heteroatoms. The van der Waals surface area contributed by atoms with Crippen LogP contribution in [0.15, 0.2) is 61.4 Å². The van der Waals surface area contributed by atoms with Crippen LogP contribution in [0.2, 0.25) is 0 Å². The van der Waals surface area contributed by atoms with Crippen LogP contribution in [0.25, 0.3) is 0 Å². The van der Waals surface area contributed by atoms with Crippen LogP contribution in [-0.2, 0) is 13.1 Å². The highest BCUT2D eigenvalue weighted by Crippen LogP contribution is 2.28. The van der Waals surface area contributed by atoms with Crippen LogP contribution in [0.1, 0.15) is 24.8 Å². The van der Waals surface area contributed by atoms with Crippen molar-refractivity contribution in [2.45, 2.75) is 38.4 Å². The fourth-order valence-corrected chi connectivity index (χ4v) is 3.51. The Balaban J connectivity index is 1.50. The summed E-state index contributed by atoms with van der Waals surface area (Å²) in [5.41, 5.74) is 1.20. The van der Waals surface area contributed by atoms with Crippen molar-refractivity contribution in [3.8, 4) is 11.5 Å². The van der Waals surface area contributed by atoms with E-state index >= 15 is 0 Å². The second-order valence-electron chi connectivity index (χ2n) is 6.64. The largest absolute Gasteiger partial charge is 0.455 e. The highest BCUT2D eigenvalue weighted by Gasteiger charge is 2.24. The van der Waals surface area contributed by atoms with Gasteiger partial charge in [-0.3, -0.25) is 14.6 Å². The first-order chi connectivity index (χ1) is 12.9. The van der Waals surface area contributed by atoms with E-state index in [1.165, 1.54) is 24.8 Å². The number of nitrogens with zero attached hydrogens (tertiary/aromatic N) is 5. The van der Waals surface area contributed by atoms with Gasteiger partial charge in [0.1, 0.15) is 24.2 Å². The number of ether oxygens (including phenoxy) is 1. The molecule has 1 aliphatic rings. The number of benzene rings is 1. The zero-order valence-electron chi connectivity index (χ0n) is 14.7. The van der Waals surface area contributed by atoms with Crippen LogP contribution in [0.3, 0.4) is 0 Å². The standard InChI is InChI=1S/C20H23N5O/c1-2-9-20(26-19-8-5-10-21-12-19)17(6-1)13-24-11-4-3-7-18(24)14-25-16-22-15-23-25/h1-2,5-6,8-10,12,15-16,18H,3-4,7,11,13-14H2/t18-/m0/s1. The molecule has 1 fully saturated rings. The molecule has 134 valence electrons. The fraction of sp³-hybridized carbons (Fsp3) is 0.350. The van der Waals surface area contributed by atoms with Crippen molar-refractivity contribution in [3.63, 3.8) is 0 Å². The Morgan fingerprint density at radius 2 is 2.04 bits per heavy atom. The number of aromatic nitrogens is 4. The number of rotatable bonds is 6. The molecule has 1 atom stereocenters. The number of piperidine rings is 1. The minimum atomic E-state index is 0.469. The van der Waals surface area contributed by atoms with Gasteiger partial charge in [0.25, 0.3) is 0 Å². The summed E-state index contributed by atoms with van der Waals surface area (Å²) in [4.78, 5) is 10.7. The van der Waals surface area contributed by atoms with Crippen LogP contribution >= 0.6 is 0 Å². The van der Waals surface area contributed by atoms with E-state index in [4.69, 9.17) is 4.74 Å². The molecular weight excluding hydrogens is 326 g/mol. The maximum absolute atomic E-state index is 6.08. The van der Waals surface area contributed by atoms with Crippen molar-refractivity contribution in [1.82, 2.24) is 24.6 Å². The maximum atomic E-state index is 6.08. The third-order valence-electron chi connectivity index (χ3n) is 4.82. The maximum Gasteiger partial charge on any atom is 0.145 e. The van der Waals surface area contributed by atoms with Gasteiger partial charge in [-0.25, -0.2) is 4.98 Å². The molecule has 1 saturated heterocycles. The van der Waals surface area contributed by atoms with E-state index in [1.54, 1.807) is 25.0 Å². The predicted octanol–water partition coefficient (Wildman–Crippen LogP) is 3.52. The molecule has 0 amide bonds. The predicted molar refractivity (Wildman–Crippen MR) is 98.8 cm³/mol. The third kappa shape index (κ3) is 4.08. The average Bonchev–Trinajstić information content (AvgIpc) is 3.19. The highest BCUT2D eigenvalue weighted by molar-refractivity contribution is 5.37. The first kappa shape index (κ1) is 16.7. The number of hydrogen-bond donors (Lipinski definition) is 0. The Morgan fingerprint density at radius 1 is 1.08 bits per heavy atom. The van der Waals surface area contributed by atoms with Gasteiger partial charge >= 0.3 is 0 Å². The molecule has 3 aromatic rings. The molecule has 1 aliphatic heterocycles. The molecule has 2 aromatic heterocycles. The van der Waals surface area contributed by atoms with E-state index in [9.17, 15) is 0 Å². The van der Waals surface area contributed by atoms with Crippen LogP contribution in [0, 0.1) is 0 Å². The molecule has 0 saturated carbocycles. The van der Waals surface area contributed by atoms with Crippen LogP contribution in [-0.4, -0.2) is 37.2 Å². The summed E-state index contributed by atoms with van der Waals surface area (Å²) in [6.07, 6.45) is 10.6. The Kier molecular flexibility index (Phi) is 5.21. The Morgan fingerprint density at radius 3 is 2.88 bits per heavy atom. The molecular formula is C20H23N5O. The van der Waals surface area contributed by atoms with Gasteiger partial charge in [0.2, 0.25) is 0 Å². The Labute approximate surface area is 153 Å². The number of para-hydroxylation sites is 1. The second kappa shape index (κ2) is 8.10. The molecule has 3 heterocycles. The van der Waals surface area contributed by atoms with Crippen molar-refractivity contribution in [1.29, 1.82) is 0 Å². The SMILES string of the molecule is c1cncc(Oc2ccccc2CN2CCCC[C@H]2Cn2cncn2)c1. The third-order valence-corrected chi connectivity index (χ3v) is 4.82. The lowest BCUT2D eigenvalue weighted by Crippen LogP contribution is -2.41. The molecule has 26 heavy (non-hydrogen) atoms. The van der Waals surface area contributed by atoms with Gasteiger partial charge in [-0.15, -0.1) is 0 Å². The van der Waals surface area contributed by atoms with Crippen molar-refractivity contribution < 1.29 is 4.74 Å². The summed E-state index contributed by atoms with van der Waals surface area (Å²) in [6.45, 7) is 2.85. The second-order valence-corrected chi connectivity index (χ2v) is 6.64. The summed E-state index contributed by atoms with van der Waals surface area (Å²) >= 11 is 0. The van der Waals surface area contributed by atoms with Gasteiger partial charge in [-0.2, -0.15) is 5.10 Å². The molecule has 6 nitrogen and oxygen atoms in total. The lowest BCUT2D eigenvalue weighted by atomic mass is 10.0. The summed E-state index contributed by atoms with van der Waals surface area (Å²) < 4.78 is 8.01. The van der Waals surface area contributed by atoms with E-state index in [-0.39, 0.29) is 0 Å². The minimum Gasteiger partial charge on any atom is -0.455 e. The summed E-state index contributed by atoms with van der Waals surface area (Å²) in [7, 11) is 0. The summed E-state index contributed by atoms with van der Waals surface area (Å²) in [5, 5.41) is 4.27. The topological polar surface area (TPSA) is 56.1 Å². The quantitative estimate of drug-likeness (QED) is 0.681. The molecule has 0 radical (unpaired) electrons. The summed E-state index contributed by atoms with van der Waals surface area (Å²) in [5.74, 6) is 1.66. The number of pyridine rings is 1. The normalized spacial score (nSPS) is 17.9. The zero-order valence-corrected chi connectivity index (χ0v) is 14.7.